The molecule has 0 saturated carbocycles. The minimum atomic E-state index is -0.424. The lowest BCUT2D eigenvalue weighted by Gasteiger charge is -2.22. The molecular weight excluding hydrogens is 386 g/mol. The number of nitrogens with one attached hydrogen (secondary N) is 1. The molecule has 0 fully saturated rings. The highest BCUT2D eigenvalue weighted by Gasteiger charge is 2.34. The number of hydrogen-bond acceptors (Lipinski definition) is 5. The molecule has 0 aliphatic carbocycles. The van der Waals surface area contributed by atoms with Gasteiger partial charge >= 0.3 is 0 Å². The van der Waals surface area contributed by atoms with Crippen LogP contribution in [-0.4, -0.2) is 22.0 Å². The molecule has 140 valence electrons. The van der Waals surface area contributed by atoms with Crippen molar-refractivity contribution in [3.05, 3.63) is 64.7 Å². The number of nitrogens with zero attached hydrogens (tertiary/aromatic N) is 2. The monoisotopic (exact) mass is 403 g/mol. The Labute approximate surface area is 166 Å². The molecule has 0 saturated heterocycles. The molecule has 0 unspecified atom stereocenters. The van der Waals surface area contributed by atoms with E-state index in [9.17, 15) is 9.59 Å². The Balaban J connectivity index is 1.83. The van der Waals surface area contributed by atoms with Crippen molar-refractivity contribution in [1.82, 2.24) is 10.3 Å². The van der Waals surface area contributed by atoms with Crippen LogP contribution in [0.15, 0.2) is 53.6 Å². The summed E-state index contributed by atoms with van der Waals surface area (Å²) in [5.41, 5.74) is 1.65. The van der Waals surface area contributed by atoms with Crippen LogP contribution in [0, 0.1) is 0 Å². The van der Waals surface area contributed by atoms with Gasteiger partial charge in [-0.3, -0.25) is 9.59 Å². The predicted octanol–water partition coefficient (Wildman–Crippen LogP) is 3.92. The fourth-order valence-corrected chi connectivity index (χ4v) is 3.91. The number of carbonyl (C=O) groups excluding carboxylic acids is 2. The van der Waals surface area contributed by atoms with Crippen molar-refractivity contribution >= 4 is 40.3 Å². The van der Waals surface area contributed by atoms with Gasteiger partial charge in [0.2, 0.25) is 11.8 Å². The SMILES string of the molecule is CC(=O)NC1=NN(C(C)=O)[C@H](c2ccccc2OCc2ccccc2Cl)S1. The minimum Gasteiger partial charge on any atom is -0.488 e. The molecule has 6 nitrogen and oxygen atoms in total. The van der Waals surface area contributed by atoms with Crippen LogP contribution in [0.5, 0.6) is 5.75 Å². The topological polar surface area (TPSA) is 71.0 Å². The molecule has 0 spiro atoms. The lowest BCUT2D eigenvalue weighted by molar-refractivity contribution is -0.129. The standard InChI is InChI=1S/C19H18ClN3O3S/c1-12(24)21-19-22-23(13(2)25)18(27-19)15-8-4-6-10-17(15)26-11-14-7-3-5-9-16(14)20/h3-10,18H,11H2,1-2H3,(H,21,22,24)/t18-/m0/s1. The number of hydrazone groups is 1. The normalized spacial score (nSPS) is 16.0. The number of benzene rings is 2. The van der Waals surface area contributed by atoms with E-state index < -0.39 is 5.37 Å². The Kier molecular flexibility index (Phi) is 6.03. The van der Waals surface area contributed by atoms with Crippen molar-refractivity contribution in [2.45, 2.75) is 25.8 Å². The summed E-state index contributed by atoms with van der Waals surface area (Å²) in [5, 5.41) is 8.77. The lowest BCUT2D eigenvalue weighted by atomic mass is 10.2. The van der Waals surface area contributed by atoms with Gasteiger partial charge in [0.05, 0.1) is 0 Å². The van der Waals surface area contributed by atoms with Gasteiger partial charge < -0.3 is 10.1 Å². The number of rotatable bonds is 4. The van der Waals surface area contributed by atoms with Crippen LogP contribution in [0.1, 0.15) is 30.3 Å². The van der Waals surface area contributed by atoms with Crippen LogP contribution < -0.4 is 10.1 Å². The van der Waals surface area contributed by atoms with Crippen molar-refractivity contribution in [1.29, 1.82) is 0 Å². The predicted molar refractivity (Wildman–Crippen MR) is 106 cm³/mol. The van der Waals surface area contributed by atoms with Crippen LogP contribution in [0.25, 0.3) is 0 Å². The smallest absolute Gasteiger partial charge is 0.241 e. The van der Waals surface area contributed by atoms with Crippen molar-refractivity contribution in [3.63, 3.8) is 0 Å². The summed E-state index contributed by atoms with van der Waals surface area (Å²) >= 11 is 7.48. The maximum Gasteiger partial charge on any atom is 0.241 e. The number of hydrogen-bond donors (Lipinski definition) is 1. The molecule has 8 heteroatoms. The van der Waals surface area contributed by atoms with E-state index in [1.54, 1.807) is 0 Å². The number of amides is 2. The number of amidine groups is 1. The van der Waals surface area contributed by atoms with Crippen molar-refractivity contribution in [2.24, 2.45) is 5.10 Å². The first kappa shape index (κ1) is 19.3. The van der Waals surface area contributed by atoms with Gasteiger partial charge in [0.25, 0.3) is 0 Å². The third kappa shape index (κ3) is 4.61. The fraction of sp³-hybridized carbons (Fsp3) is 0.211. The second-order valence-electron chi connectivity index (χ2n) is 5.84. The van der Waals surface area contributed by atoms with E-state index in [1.807, 2.05) is 48.5 Å². The second-order valence-corrected chi connectivity index (χ2v) is 7.31. The van der Waals surface area contributed by atoms with Gasteiger partial charge in [-0.05, 0) is 12.1 Å². The molecule has 1 aliphatic heterocycles. The number of ether oxygens (including phenoxy) is 1. The fourth-order valence-electron chi connectivity index (χ4n) is 2.55. The molecule has 1 heterocycles. The van der Waals surface area contributed by atoms with Gasteiger partial charge in [0, 0.05) is 30.0 Å². The Hall–Kier alpha value is -2.51. The van der Waals surface area contributed by atoms with Gasteiger partial charge in [-0.15, -0.1) is 5.10 Å². The zero-order valence-corrected chi connectivity index (χ0v) is 16.4. The molecular formula is C19H18ClN3O3S. The van der Waals surface area contributed by atoms with E-state index in [4.69, 9.17) is 16.3 Å². The van der Waals surface area contributed by atoms with Gasteiger partial charge in [-0.25, -0.2) is 5.01 Å². The van der Waals surface area contributed by atoms with Gasteiger partial charge in [-0.1, -0.05) is 59.8 Å². The average molecular weight is 404 g/mol. The highest BCUT2D eigenvalue weighted by Crippen LogP contribution is 2.42. The Morgan fingerprint density at radius 1 is 1.19 bits per heavy atom. The zero-order chi connectivity index (χ0) is 19.4. The molecule has 1 N–H and O–H groups in total. The number of carbonyl (C=O) groups is 2. The summed E-state index contributed by atoms with van der Waals surface area (Å²) in [6, 6.07) is 14.9. The van der Waals surface area contributed by atoms with Gasteiger partial charge in [0.1, 0.15) is 17.7 Å². The van der Waals surface area contributed by atoms with Crippen LogP contribution >= 0.6 is 23.4 Å². The van der Waals surface area contributed by atoms with Gasteiger partial charge in [-0.2, -0.15) is 0 Å². The first-order chi connectivity index (χ1) is 13.0. The Morgan fingerprint density at radius 2 is 1.89 bits per heavy atom. The average Bonchev–Trinajstić information content (AvgIpc) is 3.04. The van der Waals surface area contributed by atoms with Crippen LogP contribution in [0.3, 0.4) is 0 Å². The Bertz CT molecular complexity index is 903. The van der Waals surface area contributed by atoms with Gasteiger partial charge in [0.15, 0.2) is 5.17 Å². The molecule has 0 radical (unpaired) electrons. The minimum absolute atomic E-state index is 0.228. The van der Waals surface area contributed by atoms with E-state index in [2.05, 4.69) is 10.4 Å². The molecule has 2 aromatic carbocycles. The first-order valence-corrected chi connectivity index (χ1v) is 9.49. The molecule has 0 bridgehead atoms. The number of thioether (sulfide) groups is 1. The third-order valence-corrected chi connectivity index (χ3v) is 5.23. The summed E-state index contributed by atoms with van der Waals surface area (Å²) in [6.07, 6.45) is 0. The van der Waals surface area contributed by atoms with E-state index in [0.717, 1.165) is 11.1 Å². The second kappa shape index (κ2) is 8.45. The highest BCUT2D eigenvalue weighted by molar-refractivity contribution is 8.14. The molecule has 2 aromatic rings. The third-order valence-electron chi connectivity index (χ3n) is 3.78. The number of para-hydroxylation sites is 1. The molecule has 1 aliphatic rings. The van der Waals surface area contributed by atoms with Crippen LogP contribution in [-0.2, 0) is 16.2 Å². The summed E-state index contributed by atoms with van der Waals surface area (Å²) < 4.78 is 5.99. The summed E-state index contributed by atoms with van der Waals surface area (Å²) in [6.45, 7) is 3.13. The first-order valence-electron chi connectivity index (χ1n) is 8.23. The van der Waals surface area contributed by atoms with E-state index in [0.29, 0.717) is 22.5 Å². The molecule has 1 atom stereocenters. The van der Waals surface area contributed by atoms with Crippen molar-refractivity contribution in [2.75, 3.05) is 0 Å². The maximum absolute atomic E-state index is 12.0. The maximum atomic E-state index is 12.0. The van der Waals surface area contributed by atoms with E-state index in [1.165, 1.54) is 30.6 Å². The molecule has 2 amide bonds. The summed E-state index contributed by atoms with van der Waals surface area (Å²) in [4.78, 5) is 23.4. The van der Waals surface area contributed by atoms with Crippen molar-refractivity contribution < 1.29 is 14.3 Å². The summed E-state index contributed by atoms with van der Waals surface area (Å²) in [5.74, 6) is 0.155. The summed E-state index contributed by atoms with van der Waals surface area (Å²) in [7, 11) is 0. The largest absolute Gasteiger partial charge is 0.488 e. The molecule has 3 rings (SSSR count). The van der Waals surface area contributed by atoms with Crippen LogP contribution in [0.4, 0.5) is 0 Å². The highest BCUT2D eigenvalue weighted by atomic mass is 35.5. The van der Waals surface area contributed by atoms with E-state index in [-0.39, 0.29) is 11.8 Å². The zero-order valence-electron chi connectivity index (χ0n) is 14.8. The van der Waals surface area contributed by atoms with Crippen molar-refractivity contribution in [3.8, 4) is 5.75 Å². The van der Waals surface area contributed by atoms with E-state index >= 15 is 0 Å². The Morgan fingerprint density at radius 3 is 2.59 bits per heavy atom. The molecule has 27 heavy (non-hydrogen) atoms. The number of halogens is 1. The van der Waals surface area contributed by atoms with Crippen LogP contribution in [0.2, 0.25) is 5.02 Å². The lowest BCUT2D eigenvalue weighted by Crippen LogP contribution is -2.25. The quantitative estimate of drug-likeness (QED) is 0.839. The molecule has 0 aromatic heterocycles.